The van der Waals surface area contributed by atoms with Gasteiger partial charge in [0, 0.05) is 10.9 Å². The summed E-state index contributed by atoms with van der Waals surface area (Å²) < 4.78 is 0.423. The summed E-state index contributed by atoms with van der Waals surface area (Å²) in [6.07, 6.45) is 1.41. The first-order valence-corrected chi connectivity index (χ1v) is 7.56. The van der Waals surface area contributed by atoms with Crippen LogP contribution in [0, 0.1) is 5.41 Å². The highest BCUT2D eigenvalue weighted by molar-refractivity contribution is 9.10. The maximum absolute atomic E-state index is 12.6. The molecule has 0 radical (unpaired) electrons. The Labute approximate surface area is 131 Å². The topological polar surface area (TPSA) is 74.7 Å². The third kappa shape index (κ3) is 2.48. The third-order valence-corrected chi connectivity index (χ3v) is 4.82. The Morgan fingerprint density at radius 1 is 1.33 bits per heavy atom. The highest BCUT2D eigenvalue weighted by Gasteiger charge is 2.50. The van der Waals surface area contributed by atoms with Crippen LogP contribution in [0.5, 0.6) is 0 Å². The molecule has 1 aliphatic heterocycles. The lowest BCUT2D eigenvalue weighted by atomic mass is 9.81. The van der Waals surface area contributed by atoms with Crippen LogP contribution in [0.4, 0.5) is 5.69 Å². The van der Waals surface area contributed by atoms with Crippen molar-refractivity contribution in [2.45, 2.75) is 33.1 Å². The van der Waals surface area contributed by atoms with Gasteiger partial charge >= 0.3 is 5.97 Å². The quantitative estimate of drug-likeness (QED) is 0.843. The average Bonchev–Trinajstić information content (AvgIpc) is 2.70. The van der Waals surface area contributed by atoms with E-state index < -0.39 is 11.4 Å². The molecule has 1 aromatic rings. The molecule has 0 aliphatic carbocycles. The lowest BCUT2D eigenvalue weighted by molar-refractivity contribution is -0.126. The number of carboxylic acid groups (broad SMARTS) is 1. The Balaban J connectivity index is 2.45. The minimum Gasteiger partial charge on any atom is -0.478 e. The van der Waals surface area contributed by atoms with Gasteiger partial charge in [0.25, 0.3) is 0 Å². The Morgan fingerprint density at radius 3 is 2.38 bits per heavy atom. The van der Waals surface area contributed by atoms with Crippen molar-refractivity contribution in [2.75, 3.05) is 4.90 Å². The highest BCUT2D eigenvalue weighted by Crippen LogP contribution is 2.43. The second-order valence-corrected chi connectivity index (χ2v) is 6.02. The molecule has 5 nitrogen and oxygen atoms in total. The van der Waals surface area contributed by atoms with E-state index in [1.165, 1.54) is 23.1 Å². The molecule has 0 unspecified atom stereocenters. The van der Waals surface area contributed by atoms with Crippen LogP contribution < -0.4 is 4.90 Å². The fourth-order valence-corrected chi connectivity index (χ4v) is 3.22. The SMILES string of the molecule is CCC1(CC)CC(=O)N(c2ccc(C(=O)O)cc2Br)C1=O. The van der Waals surface area contributed by atoms with E-state index in [0.29, 0.717) is 23.0 Å². The standard InChI is InChI=1S/C15H16BrNO4/c1-3-15(4-2)8-12(18)17(14(15)21)11-6-5-9(13(19)20)7-10(11)16/h5-7H,3-4,8H2,1-2H3,(H,19,20). The van der Waals surface area contributed by atoms with Crippen LogP contribution in [0.25, 0.3) is 0 Å². The first-order valence-electron chi connectivity index (χ1n) is 6.76. The number of aromatic carboxylic acids is 1. The smallest absolute Gasteiger partial charge is 0.335 e. The van der Waals surface area contributed by atoms with Crippen LogP contribution >= 0.6 is 15.9 Å². The fraction of sp³-hybridized carbons (Fsp3) is 0.400. The average molecular weight is 354 g/mol. The van der Waals surface area contributed by atoms with Gasteiger partial charge in [0.2, 0.25) is 11.8 Å². The zero-order valence-electron chi connectivity index (χ0n) is 11.9. The van der Waals surface area contributed by atoms with Crippen molar-refractivity contribution in [1.82, 2.24) is 0 Å². The van der Waals surface area contributed by atoms with E-state index in [2.05, 4.69) is 15.9 Å². The van der Waals surface area contributed by atoms with E-state index in [0.717, 1.165) is 0 Å². The molecule has 2 amide bonds. The van der Waals surface area contributed by atoms with Crippen molar-refractivity contribution >= 4 is 39.4 Å². The maximum Gasteiger partial charge on any atom is 0.335 e. The predicted molar refractivity (Wildman–Crippen MR) is 81.2 cm³/mol. The van der Waals surface area contributed by atoms with Crippen LogP contribution in [0.15, 0.2) is 22.7 Å². The number of anilines is 1. The Bertz CT molecular complexity index is 622. The second-order valence-electron chi connectivity index (χ2n) is 5.17. The molecule has 1 saturated heterocycles. The Hall–Kier alpha value is -1.69. The molecule has 0 aromatic heterocycles. The van der Waals surface area contributed by atoms with Gasteiger partial charge in [-0.3, -0.25) is 9.59 Å². The predicted octanol–water partition coefficient (Wildman–Crippen LogP) is 3.22. The number of benzene rings is 1. The van der Waals surface area contributed by atoms with E-state index >= 15 is 0 Å². The van der Waals surface area contributed by atoms with Crippen molar-refractivity contribution in [1.29, 1.82) is 0 Å². The van der Waals surface area contributed by atoms with Crippen LogP contribution in [0.1, 0.15) is 43.5 Å². The third-order valence-electron chi connectivity index (χ3n) is 4.18. The lowest BCUT2D eigenvalue weighted by Gasteiger charge is -2.24. The molecule has 1 heterocycles. The number of hydrogen-bond acceptors (Lipinski definition) is 3. The van der Waals surface area contributed by atoms with Crippen molar-refractivity contribution < 1.29 is 19.5 Å². The Morgan fingerprint density at radius 2 is 1.95 bits per heavy atom. The number of hydrogen-bond donors (Lipinski definition) is 1. The van der Waals surface area contributed by atoms with Gasteiger partial charge in [-0.2, -0.15) is 0 Å². The van der Waals surface area contributed by atoms with Gasteiger partial charge in [-0.1, -0.05) is 13.8 Å². The van der Waals surface area contributed by atoms with Crippen molar-refractivity contribution in [2.24, 2.45) is 5.41 Å². The molecule has 21 heavy (non-hydrogen) atoms. The molecular formula is C15H16BrNO4. The number of halogens is 1. The molecule has 1 aromatic carbocycles. The van der Waals surface area contributed by atoms with E-state index in [-0.39, 0.29) is 23.8 Å². The zero-order chi connectivity index (χ0) is 15.8. The molecule has 1 aliphatic rings. The highest BCUT2D eigenvalue weighted by atomic mass is 79.9. The second kappa shape index (κ2) is 5.60. The molecular weight excluding hydrogens is 338 g/mol. The summed E-state index contributed by atoms with van der Waals surface area (Å²) in [6.45, 7) is 3.81. The van der Waals surface area contributed by atoms with E-state index in [1.807, 2.05) is 13.8 Å². The van der Waals surface area contributed by atoms with Crippen LogP contribution in [0.2, 0.25) is 0 Å². The number of carboxylic acids is 1. The number of carbonyl (C=O) groups excluding carboxylic acids is 2. The summed E-state index contributed by atoms with van der Waals surface area (Å²) in [7, 11) is 0. The molecule has 112 valence electrons. The van der Waals surface area contributed by atoms with Crippen LogP contribution in [0.3, 0.4) is 0 Å². The summed E-state index contributed by atoms with van der Waals surface area (Å²) in [6, 6.07) is 4.28. The largest absolute Gasteiger partial charge is 0.478 e. The number of imide groups is 1. The van der Waals surface area contributed by atoms with Gasteiger partial charge in [-0.05, 0) is 47.0 Å². The van der Waals surface area contributed by atoms with Crippen molar-refractivity contribution in [3.8, 4) is 0 Å². The molecule has 0 atom stereocenters. The number of carbonyl (C=O) groups is 3. The summed E-state index contributed by atoms with van der Waals surface area (Å²) >= 11 is 3.25. The molecule has 2 rings (SSSR count). The van der Waals surface area contributed by atoms with Gasteiger partial charge in [0.15, 0.2) is 0 Å². The molecule has 1 N–H and O–H groups in total. The molecule has 6 heteroatoms. The number of nitrogens with zero attached hydrogens (tertiary/aromatic N) is 1. The summed E-state index contributed by atoms with van der Waals surface area (Å²) in [5.74, 6) is -1.51. The van der Waals surface area contributed by atoms with Gasteiger partial charge in [0.05, 0.1) is 16.7 Å². The molecule has 0 saturated carbocycles. The maximum atomic E-state index is 12.6. The first-order chi connectivity index (χ1) is 9.86. The van der Waals surface area contributed by atoms with Gasteiger partial charge in [-0.25, -0.2) is 9.69 Å². The number of amides is 2. The van der Waals surface area contributed by atoms with E-state index in [4.69, 9.17) is 5.11 Å². The lowest BCUT2D eigenvalue weighted by Crippen LogP contribution is -2.35. The van der Waals surface area contributed by atoms with Gasteiger partial charge < -0.3 is 5.11 Å². The number of rotatable bonds is 4. The van der Waals surface area contributed by atoms with Crippen LogP contribution in [-0.2, 0) is 9.59 Å². The van der Waals surface area contributed by atoms with Crippen LogP contribution in [-0.4, -0.2) is 22.9 Å². The summed E-state index contributed by atoms with van der Waals surface area (Å²) in [5.41, 5.74) is -0.136. The Kier molecular flexibility index (Phi) is 4.18. The van der Waals surface area contributed by atoms with Gasteiger partial charge in [0.1, 0.15) is 0 Å². The molecule has 1 fully saturated rings. The van der Waals surface area contributed by atoms with E-state index in [9.17, 15) is 14.4 Å². The van der Waals surface area contributed by atoms with E-state index in [1.54, 1.807) is 0 Å². The normalized spacial score (nSPS) is 17.4. The van der Waals surface area contributed by atoms with Crippen molar-refractivity contribution in [3.63, 3.8) is 0 Å². The monoisotopic (exact) mass is 353 g/mol. The molecule has 0 bridgehead atoms. The minimum atomic E-state index is -1.06. The summed E-state index contributed by atoms with van der Waals surface area (Å²) in [4.78, 5) is 37.0. The zero-order valence-corrected chi connectivity index (χ0v) is 13.4. The summed E-state index contributed by atoms with van der Waals surface area (Å²) in [5, 5.41) is 8.96. The van der Waals surface area contributed by atoms with Gasteiger partial charge in [-0.15, -0.1) is 0 Å². The minimum absolute atomic E-state index is 0.0990. The molecule has 0 spiro atoms. The fourth-order valence-electron chi connectivity index (χ4n) is 2.66. The first kappa shape index (κ1) is 15.7. The van der Waals surface area contributed by atoms with Crippen molar-refractivity contribution in [3.05, 3.63) is 28.2 Å².